The van der Waals surface area contributed by atoms with E-state index < -0.39 is 0 Å². The molecule has 2 fully saturated rings. The van der Waals surface area contributed by atoms with Crippen molar-refractivity contribution in [1.29, 1.82) is 0 Å². The summed E-state index contributed by atoms with van der Waals surface area (Å²) >= 11 is 0. The van der Waals surface area contributed by atoms with E-state index in [0.29, 0.717) is 49.0 Å². The summed E-state index contributed by atoms with van der Waals surface area (Å²) in [6.45, 7) is 2.90. The molecule has 7 heteroatoms. The number of nitrogens with zero attached hydrogens (tertiary/aromatic N) is 2. The van der Waals surface area contributed by atoms with Crippen LogP contribution in [0.15, 0.2) is 18.2 Å². The molecule has 2 heterocycles. The lowest BCUT2D eigenvalue weighted by Crippen LogP contribution is -2.47. The predicted molar refractivity (Wildman–Crippen MR) is 107 cm³/mol. The molecule has 0 saturated carbocycles. The third-order valence-electron chi connectivity index (χ3n) is 5.83. The lowest BCUT2D eigenvalue weighted by atomic mass is 9.94. The number of benzene rings is 1. The molecular formula is C21H31N3O4. The fourth-order valence-corrected chi connectivity index (χ4v) is 4.25. The summed E-state index contributed by atoms with van der Waals surface area (Å²) in [4.78, 5) is 29.8. The van der Waals surface area contributed by atoms with Gasteiger partial charge in [0.1, 0.15) is 11.5 Å². The summed E-state index contributed by atoms with van der Waals surface area (Å²) in [5.74, 6) is 1.42. The highest BCUT2D eigenvalue weighted by Gasteiger charge is 2.35. The first-order chi connectivity index (χ1) is 13.6. The molecule has 2 aliphatic heterocycles. The molecule has 7 nitrogen and oxygen atoms in total. The average Bonchev–Trinajstić information content (AvgIpc) is 3.20. The minimum absolute atomic E-state index is 0.0151. The number of hydrogen-bond acceptors (Lipinski definition) is 5. The van der Waals surface area contributed by atoms with Crippen molar-refractivity contribution in [2.24, 2.45) is 5.92 Å². The summed E-state index contributed by atoms with van der Waals surface area (Å²) in [5, 5.41) is 3.19. The second-order valence-electron chi connectivity index (χ2n) is 7.55. The van der Waals surface area contributed by atoms with E-state index in [-0.39, 0.29) is 17.7 Å². The Morgan fingerprint density at radius 2 is 1.68 bits per heavy atom. The van der Waals surface area contributed by atoms with Crippen molar-refractivity contribution >= 4 is 11.8 Å². The number of nitrogens with one attached hydrogen (secondary N) is 1. The van der Waals surface area contributed by atoms with Gasteiger partial charge in [-0.2, -0.15) is 0 Å². The fraction of sp³-hybridized carbons (Fsp3) is 0.619. The van der Waals surface area contributed by atoms with Crippen molar-refractivity contribution in [3.8, 4) is 11.5 Å². The zero-order valence-electron chi connectivity index (χ0n) is 17.1. The van der Waals surface area contributed by atoms with E-state index in [4.69, 9.17) is 9.47 Å². The predicted octanol–water partition coefficient (Wildman–Crippen LogP) is 1.77. The minimum atomic E-state index is -0.0441. The summed E-state index contributed by atoms with van der Waals surface area (Å²) in [6.07, 6.45) is 3.58. The molecule has 0 aromatic heterocycles. The Hall–Kier alpha value is -2.28. The van der Waals surface area contributed by atoms with E-state index in [2.05, 4.69) is 5.32 Å². The Morgan fingerprint density at radius 1 is 1.04 bits per heavy atom. The lowest BCUT2D eigenvalue weighted by Gasteiger charge is -2.35. The van der Waals surface area contributed by atoms with Gasteiger partial charge < -0.3 is 24.6 Å². The van der Waals surface area contributed by atoms with Gasteiger partial charge in [0.05, 0.1) is 14.2 Å². The van der Waals surface area contributed by atoms with Gasteiger partial charge >= 0.3 is 0 Å². The van der Waals surface area contributed by atoms with Crippen LogP contribution in [0.3, 0.4) is 0 Å². The van der Waals surface area contributed by atoms with E-state index in [1.807, 2.05) is 16.8 Å². The maximum Gasteiger partial charge on any atom is 0.254 e. The molecule has 3 rings (SSSR count). The summed E-state index contributed by atoms with van der Waals surface area (Å²) in [5.41, 5.74) is 0.551. The zero-order valence-corrected chi connectivity index (χ0v) is 17.1. The van der Waals surface area contributed by atoms with Crippen molar-refractivity contribution in [2.45, 2.75) is 31.7 Å². The summed E-state index contributed by atoms with van der Waals surface area (Å²) in [7, 11) is 5.07. The number of rotatable bonds is 6. The van der Waals surface area contributed by atoms with E-state index in [0.717, 1.165) is 25.9 Å². The molecule has 1 aromatic rings. The van der Waals surface area contributed by atoms with E-state index in [1.54, 1.807) is 32.4 Å². The highest BCUT2D eigenvalue weighted by atomic mass is 16.5. The second-order valence-corrected chi connectivity index (χ2v) is 7.55. The number of piperidine rings is 1. The van der Waals surface area contributed by atoms with Crippen LogP contribution in [-0.4, -0.2) is 75.1 Å². The average molecular weight is 389 g/mol. The number of ether oxygens (including phenoxy) is 2. The van der Waals surface area contributed by atoms with E-state index >= 15 is 0 Å². The number of hydrogen-bond donors (Lipinski definition) is 1. The van der Waals surface area contributed by atoms with E-state index in [1.165, 1.54) is 0 Å². The van der Waals surface area contributed by atoms with Crippen molar-refractivity contribution in [3.63, 3.8) is 0 Å². The molecule has 0 aliphatic carbocycles. The van der Waals surface area contributed by atoms with E-state index in [9.17, 15) is 9.59 Å². The Bertz CT molecular complexity index is 679. The third kappa shape index (κ3) is 4.41. The summed E-state index contributed by atoms with van der Waals surface area (Å²) < 4.78 is 10.5. The standard InChI is InChI=1S/C21H31N3O4/c1-22-14-17-5-4-8-24(17)21(26)15-6-9-23(10-7-15)20(25)16-11-18(27-2)13-19(12-16)28-3/h11-13,15,17,22H,4-10,14H2,1-3H3. The van der Waals surface area contributed by atoms with Gasteiger partial charge in [0.25, 0.3) is 5.91 Å². The molecule has 0 spiro atoms. The van der Waals surface area contributed by atoms with Crippen LogP contribution in [-0.2, 0) is 4.79 Å². The first-order valence-electron chi connectivity index (χ1n) is 10.0. The van der Waals surface area contributed by atoms with Crippen molar-refractivity contribution in [1.82, 2.24) is 15.1 Å². The number of methoxy groups -OCH3 is 2. The Kier molecular flexibility index (Phi) is 6.78. The first-order valence-corrected chi connectivity index (χ1v) is 10.0. The SMILES string of the molecule is CNCC1CCCN1C(=O)C1CCN(C(=O)c2cc(OC)cc(OC)c2)CC1. The normalized spacial score (nSPS) is 20.3. The number of carbonyl (C=O) groups excluding carboxylic acids is 2. The fourth-order valence-electron chi connectivity index (χ4n) is 4.25. The number of likely N-dealkylation sites (tertiary alicyclic amines) is 2. The van der Waals surface area contributed by atoms with Crippen molar-refractivity contribution < 1.29 is 19.1 Å². The van der Waals surface area contributed by atoms with Gasteiger partial charge in [-0.3, -0.25) is 9.59 Å². The van der Waals surface area contributed by atoms with Gasteiger partial charge in [-0.1, -0.05) is 0 Å². The Balaban J connectivity index is 1.60. The maximum atomic E-state index is 13.0. The van der Waals surface area contributed by atoms with Crippen LogP contribution >= 0.6 is 0 Å². The highest BCUT2D eigenvalue weighted by Crippen LogP contribution is 2.27. The van der Waals surface area contributed by atoms with Crippen LogP contribution in [0.1, 0.15) is 36.0 Å². The molecule has 1 atom stereocenters. The quantitative estimate of drug-likeness (QED) is 0.803. The molecule has 0 radical (unpaired) electrons. The largest absolute Gasteiger partial charge is 0.497 e. The van der Waals surface area contributed by atoms with Gasteiger partial charge in [-0.05, 0) is 44.9 Å². The summed E-state index contributed by atoms with van der Waals surface area (Å²) in [6, 6.07) is 5.52. The van der Waals surface area contributed by atoms with Crippen LogP contribution < -0.4 is 14.8 Å². The highest BCUT2D eigenvalue weighted by molar-refractivity contribution is 5.95. The van der Waals surface area contributed by atoms with Crippen LogP contribution in [0, 0.1) is 5.92 Å². The molecule has 28 heavy (non-hydrogen) atoms. The Labute approximate surface area is 167 Å². The van der Waals surface area contributed by atoms with Crippen LogP contribution in [0.2, 0.25) is 0 Å². The van der Waals surface area contributed by atoms with Gasteiger partial charge in [0, 0.05) is 49.8 Å². The Morgan fingerprint density at radius 3 is 2.25 bits per heavy atom. The van der Waals surface area contributed by atoms with Crippen LogP contribution in [0.5, 0.6) is 11.5 Å². The molecular weight excluding hydrogens is 358 g/mol. The van der Waals surface area contributed by atoms with Gasteiger partial charge in [0.15, 0.2) is 0 Å². The topological polar surface area (TPSA) is 71.1 Å². The van der Waals surface area contributed by atoms with Gasteiger partial charge in [-0.25, -0.2) is 0 Å². The van der Waals surface area contributed by atoms with Crippen LogP contribution in [0.4, 0.5) is 0 Å². The lowest BCUT2D eigenvalue weighted by molar-refractivity contribution is -0.137. The van der Waals surface area contributed by atoms with Crippen molar-refractivity contribution in [3.05, 3.63) is 23.8 Å². The first kappa shape index (κ1) is 20.5. The minimum Gasteiger partial charge on any atom is -0.497 e. The zero-order chi connectivity index (χ0) is 20.1. The molecule has 2 saturated heterocycles. The smallest absolute Gasteiger partial charge is 0.254 e. The van der Waals surface area contributed by atoms with Crippen molar-refractivity contribution in [2.75, 3.05) is 47.4 Å². The van der Waals surface area contributed by atoms with Crippen LogP contribution in [0.25, 0.3) is 0 Å². The molecule has 154 valence electrons. The molecule has 2 amide bonds. The number of likely N-dealkylation sites (N-methyl/N-ethyl adjacent to an activating group) is 1. The molecule has 0 bridgehead atoms. The molecule has 2 aliphatic rings. The maximum absolute atomic E-state index is 13.0. The molecule has 1 unspecified atom stereocenters. The number of carbonyl (C=O) groups is 2. The van der Waals surface area contributed by atoms with Gasteiger partial charge in [-0.15, -0.1) is 0 Å². The van der Waals surface area contributed by atoms with Gasteiger partial charge in [0.2, 0.25) is 5.91 Å². The second kappa shape index (κ2) is 9.28. The monoisotopic (exact) mass is 389 g/mol. The molecule has 1 aromatic carbocycles. The molecule has 1 N–H and O–H groups in total. The third-order valence-corrected chi connectivity index (χ3v) is 5.83. The number of amides is 2.